The van der Waals surface area contributed by atoms with Crippen molar-refractivity contribution in [2.75, 3.05) is 19.4 Å². The number of nitrogens with one attached hydrogen (secondary N) is 2. The van der Waals surface area contributed by atoms with Gasteiger partial charge in [0.05, 0.1) is 12.0 Å². The van der Waals surface area contributed by atoms with Crippen molar-refractivity contribution in [3.05, 3.63) is 90.6 Å². The first-order valence-electron chi connectivity index (χ1n) is 10.5. The lowest BCUT2D eigenvalue weighted by Gasteiger charge is -2.26. The summed E-state index contributed by atoms with van der Waals surface area (Å²) in [5, 5.41) is 10.2. The molecule has 2 N–H and O–H groups in total. The Morgan fingerprint density at radius 2 is 1.78 bits per heavy atom. The lowest BCUT2D eigenvalue weighted by molar-refractivity contribution is 0.265. The molecule has 0 unspecified atom stereocenters. The van der Waals surface area contributed by atoms with Crippen LogP contribution >= 0.6 is 0 Å². The van der Waals surface area contributed by atoms with Gasteiger partial charge in [-0.3, -0.25) is 5.10 Å². The molecule has 0 spiro atoms. The molecule has 0 atom stereocenters. The highest BCUT2D eigenvalue weighted by Crippen LogP contribution is 2.30. The molecule has 0 fully saturated rings. The average molecular weight is 424 g/mol. The topological polar surface area (TPSA) is 73.0 Å². The average Bonchev–Trinajstić information content (AvgIpc) is 3.49. The van der Waals surface area contributed by atoms with E-state index in [0.717, 1.165) is 47.1 Å². The minimum atomic E-state index is 0.706. The first kappa shape index (κ1) is 19.8. The zero-order chi connectivity index (χ0) is 22.1. The SMILES string of the molecule is C=C(N(C)C)N1Cc2ccc(-c3nccc(Nc4ccc(-c5cn[nH]c5)cc4)n3)cc2C1. The molecule has 7 nitrogen and oxygen atoms in total. The van der Waals surface area contributed by atoms with E-state index in [1.807, 2.05) is 49.6 Å². The normalized spacial score (nSPS) is 12.5. The van der Waals surface area contributed by atoms with Crippen molar-refractivity contribution < 1.29 is 0 Å². The number of fused-ring (bicyclic) bond motifs is 1. The maximum Gasteiger partial charge on any atom is 0.161 e. The van der Waals surface area contributed by atoms with Gasteiger partial charge in [0.2, 0.25) is 0 Å². The minimum absolute atomic E-state index is 0.706. The minimum Gasteiger partial charge on any atom is -0.365 e. The molecule has 2 aromatic carbocycles. The first-order valence-corrected chi connectivity index (χ1v) is 10.5. The summed E-state index contributed by atoms with van der Waals surface area (Å²) in [4.78, 5) is 13.6. The second-order valence-corrected chi connectivity index (χ2v) is 8.11. The van der Waals surface area contributed by atoms with E-state index in [1.54, 1.807) is 6.20 Å². The summed E-state index contributed by atoms with van der Waals surface area (Å²) < 4.78 is 0. The van der Waals surface area contributed by atoms with Crippen molar-refractivity contribution in [3.8, 4) is 22.5 Å². The summed E-state index contributed by atoms with van der Waals surface area (Å²) in [6, 6.07) is 16.5. The molecule has 4 aromatic rings. The Hall–Kier alpha value is -4.13. The van der Waals surface area contributed by atoms with Crippen molar-refractivity contribution >= 4 is 11.5 Å². The second kappa shape index (κ2) is 8.19. The van der Waals surface area contributed by atoms with Gasteiger partial charge >= 0.3 is 0 Å². The summed E-state index contributed by atoms with van der Waals surface area (Å²) in [6.07, 6.45) is 5.48. The van der Waals surface area contributed by atoms with E-state index >= 15 is 0 Å². The van der Waals surface area contributed by atoms with Gasteiger partial charge in [0, 0.05) is 56.4 Å². The summed E-state index contributed by atoms with van der Waals surface area (Å²) in [5.74, 6) is 2.48. The smallest absolute Gasteiger partial charge is 0.161 e. The number of hydrogen-bond donors (Lipinski definition) is 2. The number of H-pyrrole nitrogens is 1. The van der Waals surface area contributed by atoms with Crippen LogP contribution in [0.5, 0.6) is 0 Å². The van der Waals surface area contributed by atoms with Crippen molar-refractivity contribution in [1.29, 1.82) is 0 Å². The highest BCUT2D eigenvalue weighted by molar-refractivity contribution is 5.67. The maximum absolute atomic E-state index is 4.74. The van der Waals surface area contributed by atoms with E-state index in [4.69, 9.17) is 4.98 Å². The van der Waals surface area contributed by atoms with Crippen LogP contribution in [0.25, 0.3) is 22.5 Å². The van der Waals surface area contributed by atoms with Gasteiger partial charge in [0.15, 0.2) is 5.82 Å². The molecule has 1 aliphatic heterocycles. The predicted molar refractivity (Wildman–Crippen MR) is 127 cm³/mol. The van der Waals surface area contributed by atoms with Gasteiger partial charge < -0.3 is 15.1 Å². The fraction of sp³-hybridized carbons (Fsp3) is 0.160. The van der Waals surface area contributed by atoms with Crippen molar-refractivity contribution in [3.63, 3.8) is 0 Å². The van der Waals surface area contributed by atoms with Crippen LogP contribution in [0.4, 0.5) is 11.5 Å². The van der Waals surface area contributed by atoms with E-state index in [0.29, 0.717) is 5.82 Å². The van der Waals surface area contributed by atoms with Gasteiger partial charge in [-0.1, -0.05) is 30.8 Å². The Kier molecular flexibility index (Phi) is 5.07. The monoisotopic (exact) mass is 423 g/mol. The molecular formula is C25H25N7. The highest BCUT2D eigenvalue weighted by Gasteiger charge is 2.21. The second-order valence-electron chi connectivity index (χ2n) is 8.11. The van der Waals surface area contributed by atoms with Crippen LogP contribution in [0.1, 0.15) is 11.1 Å². The van der Waals surface area contributed by atoms with E-state index < -0.39 is 0 Å². The Bertz CT molecular complexity index is 1240. The molecule has 0 saturated carbocycles. The molecule has 5 rings (SSSR count). The number of anilines is 2. The quantitative estimate of drug-likeness (QED) is 0.471. The van der Waals surface area contributed by atoms with E-state index in [-0.39, 0.29) is 0 Å². The Balaban J connectivity index is 1.33. The summed E-state index contributed by atoms with van der Waals surface area (Å²) >= 11 is 0. The molecule has 1 aliphatic rings. The Morgan fingerprint density at radius 3 is 2.53 bits per heavy atom. The number of aromatic nitrogens is 4. The van der Waals surface area contributed by atoms with Crippen molar-refractivity contribution in [1.82, 2.24) is 30.0 Å². The third-order valence-electron chi connectivity index (χ3n) is 5.71. The Morgan fingerprint density at radius 1 is 1.00 bits per heavy atom. The van der Waals surface area contributed by atoms with Gasteiger partial charge in [-0.15, -0.1) is 0 Å². The third-order valence-corrected chi connectivity index (χ3v) is 5.71. The maximum atomic E-state index is 4.74. The molecular weight excluding hydrogens is 398 g/mol. The number of nitrogens with zero attached hydrogens (tertiary/aromatic N) is 5. The summed E-state index contributed by atoms with van der Waals surface area (Å²) in [7, 11) is 4.04. The van der Waals surface area contributed by atoms with Gasteiger partial charge in [-0.25, -0.2) is 9.97 Å². The Labute approximate surface area is 187 Å². The van der Waals surface area contributed by atoms with E-state index in [2.05, 4.69) is 62.3 Å². The lowest BCUT2D eigenvalue weighted by atomic mass is 10.1. The van der Waals surface area contributed by atoms with Crippen molar-refractivity contribution in [2.24, 2.45) is 0 Å². The number of hydrogen-bond acceptors (Lipinski definition) is 6. The van der Waals surface area contributed by atoms with Gasteiger partial charge in [0.25, 0.3) is 0 Å². The third kappa shape index (κ3) is 3.92. The molecule has 32 heavy (non-hydrogen) atoms. The van der Waals surface area contributed by atoms with Crippen molar-refractivity contribution in [2.45, 2.75) is 13.1 Å². The molecule has 0 radical (unpaired) electrons. The van der Waals surface area contributed by atoms with Gasteiger partial charge in [-0.2, -0.15) is 5.10 Å². The molecule has 0 bridgehead atoms. The van der Waals surface area contributed by atoms with Crippen LogP contribution in [0.2, 0.25) is 0 Å². The van der Waals surface area contributed by atoms with Gasteiger partial charge in [0.1, 0.15) is 5.82 Å². The largest absolute Gasteiger partial charge is 0.365 e. The number of benzene rings is 2. The zero-order valence-electron chi connectivity index (χ0n) is 18.2. The van der Waals surface area contributed by atoms with E-state index in [9.17, 15) is 0 Å². The highest BCUT2D eigenvalue weighted by atomic mass is 15.3. The van der Waals surface area contributed by atoms with Gasteiger partial charge in [-0.05, 0) is 41.0 Å². The fourth-order valence-electron chi connectivity index (χ4n) is 3.87. The molecule has 2 aromatic heterocycles. The van der Waals surface area contributed by atoms with Crippen LogP contribution in [0, 0.1) is 0 Å². The van der Waals surface area contributed by atoms with Crippen LogP contribution in [0.3, 0.4) is 0 Å². The predicted octanol–water partition coefficient (Wildman–Crippen LogP) is 4.63. The summed E-state index contributed by atoms with van der Waals surface area (Å²) in [6.45, 7) is 5.91. The molecule has 160 valence electrons. The number of aromatic amines is 1. The molecule has 3 heterocycles. The van der Waals surface area contributed by atoms with Crippen LogP contribution in [-0.4, -0.2) is 44.1 Å². The van der Waals surface area contributed by atoms with Crippen LogP contribution < -0.4 is 5.32 Å². The molecule has 0 saturated heterocycles. The number of rotatable bonds is 6. The fourth-order valence-corrected chi connectivity index (χ4v) is 3.87. The zero-order valence-corrected chi connectivity index (χ0v) is 18.2. The lowest BCUT2D eigenvalue weighted by Crippen LogP contribution is -2.25. The van der Waals surface area contributed by atoms with Crippen LogP contribution in [0.15, 0.2) is 79.5 Å². The molecule has 0 amide bonds. The van der Waals surface area contributed by atoms with E-state index in [1.165, 1.54) is 11.1 Å². The summed E-state index contributed by atoms with van der Waals surface area (Å²) in [5.41, 5.74) is 6.77. The first-order chi connectivity index (χ1) is 15.6. The molecule has 7 heteroatoms. The standard InChI is InChI=1S/C25H25N7/c1-17(31(2)3)32-15-20-5-4-19(12-21(20)16-32)25-26-11-10-24(30-25)29-23-8-6-18(7-9-23)22-13-27-28-14-22/h4-14H,1,15-16H2,2-3H3,(H,27,28)(H,26,29,30). The van der Waals surface area contributed by atoms with Crippen LogP contribution in [-0.2, 0) is 13.1 Å². The molecule has 0 aliphatic carbocycles.